The van der Waals surface area contributed by atoms with Crippen LogP contribution < -0.4 is 4.74 Å². The van der Waals surface area contributed by atoms with Gasteiger partial charge < -0.3 is 4.74 Å². The number of unbranched alkanes of at least 4 members (excludes halogenated alkanes) is 3. The topological polar surface area (TPSA) is 9.23 Å². The van der Waals surface area contributed by atoms with E-state index < -0.39 is 0 Å². The average Bonchev–Trinajstić information content (AvgIpc) is 2.28. The molecular weight excluding hydrogens is 412 g/mol. The normalized spacial score (nSPS) is 11.5. The van der Waals surface area contributed by atoms with Gasteiger partial charge in [-0.2, -0.15) is 0 Å². The summed E-state index contributed by atoms with van der Waals surface area (Å²) in [5, 5.41) is 0. The Balaban J connectivity index is 2.36. The predicted octanol–water partition coefficient (Wildman–Crippen LogP) is 5.94. The molecule has 0 bridgehead atoms. The minimum Gasteiger partial charge on any atom is -0.494 e. The van der Waals surface area contributed by atoms with Crippen molar-refractivity contribution in [1.82, 2.24) is 0 Å². The van der Waals surface area contributed by atoms with Crippen molar-refractivity contribution in [2.24, 2.45) is 0 Å². The zero-order chi connectivity index (χ0) is 12.7. The van der Waals surface area contributed by atoms with Gasteiger partial charge in [0.15, 0.2) is 2.14 Å². The lowest BCUT2D eigenvalue weighted by Gasteiger charge is -2.13. The molecule has 0 saturated heterocycles. The monoisotopic (exact) mass is 426 g/mol. The summed E-state index contributed by atoms with van der Waals surface area (Å²) in [6, 6.07) is 8.04. The maximum absolute atomic E-state index is 5.67. The Morgan fingerprint density at radius 3 is 2.18 bits per heavy atom. The SMILES string of the molecule is CCCCCCOc1ccc(C(Br)(Br)Br)cc1. The van der Waals surface area contributed by atoms with Crippen LogP contribution in [0.3, 0.4) is 0 Å². The molecule has 0 saturated carbocycles. The van der Waals surface area contributed by atoms with Gasteiger partial charge in [0.1, 0.15) is 5.75 Å². The van der Waals surface area contributed by atoms with Crippen LogP contribution in [-0.2, 0) is 2.14 Å². The molecule has 0 atom stereocenters. The Hall–Kier alpha value is 0.460. The summed E-state index contributed by atoms with van der Waals surface area (Å²) in [4.78, 5) is 0. The van der Waals surface area contributed by atoms with Crippen molar-refractivity contribution in [3.05, 3.63) is 29.8 Å². The summed E-state index contributed by atoms with van der Waals surface area (Å²) in [5.74, 6) is 0.932. The Morgan fingerprint density at radius 1 is 1.00 bits per heavy atom. The van der Waals surface area contributed by atoms with Gasteiger partial charge in [0.05, 0.1) is 6.61 Å². The van der Waals surface area contributed by atoms with Gasteiger partial charge in [-0.05, 0) is 24.1 Å². The molecule has 0 aliphatic rings. The van der Waals surface area contributed by atoms with E-state index in [0.717, 1.165) is 24.3 Å². The average molecular weight is 429 g/mol. The number of rotatable bonds is 6. The van der Waals surface area contributed by atoms with E-state index in [0.29, 0.717) is 0 Å². The molecule has 17 heavy (non-hydrogen) atoms. The molecule has 0 aromatic heterocycles. The van der Waals surface area contributed by atoms with Crippen molar-refractivity contribution >= 4 is 47.8 Å². The molecule has 0 heterocycles. The fourth-order valence-corrected chi connectivity index (χ4v) is 2.25. The molecule has 0 N–H and O–H groups in total. The Bertz CT molecular complexity index is 316. The van der Waals surface area contributed by atoms with Crippen LogP contribution in [0.15, 0.2) is 24.3 Å². The number of halogens is 3. The van der Waals surface area contributed by atoms with Crippen molar-refractivity contribution in [1.29, 1.82) is 0 Å². The van der Waals surface area contributed by atoms with Crippen LogP contribution >= 0.6 is 47.8 Å². The second kappa shape index (κ2) is 7.80. The maximum Gasteiger partial charge on any atom is 0.159 e. The number of hydrogen-bond donors (Lipinski definition) is 0. The molecule has 0 unspecified atom stereocenters. The molecule has 0 fully saturated rings. The molecule has 1 rings (SSSR count). The second-order valence-corrected chi connectivity index (χ2v) is 10.7. The third kappa shape index (κ3) is 6.25. The van der Waals surface area contributed by atoms with Gasteiger partial charge in [-0.25, -0.2) is 0 Å². The van der Waals surface area contributed by atoms with Gasteiger partial charge in [-0.3, -0.25) is 0 Å². The van der Waals surface area contributed by atoms with E-state index in [4.69, 9.17) is 4.74 Å². The fourth-order valence-electron chi connectivity index (χ4n) is 1.46. The number of benzene rings is 1. The molecular formula is C13H17Br3O. The van der Waals surface area contributed by atoms with E-state index in [1.165, 1.54) is 19.3 Å². The second-order valence-electron chi connectivity index (χ2n) is 3.93. The Labute approximate surface area is 129 Å². The van der Waals surface area contributed by atoms with E-state index in [9.17, 15) is 0 Å². The van der Waals surface area contributed by atoms with Crippen LogP contribution in [-0.4, -0.2) is 6.61 Å². The van der Waals surface area contributed by atoms with Crippen molar-refractivity contribution in [3.63, 3.8) is 0 Å². The standard InChI is InChI=1S/C13H17Br3O/c1-2-3-4-5-10-17-12-8-6-11(7-9-12)13(14,15)16/h6-9H,2-5,10H2,1H3. The van der Waals surface area contributed by atoms with Gasteiger partial charge in [0, 0.05) is 0 Å². The molecule has 1 nitrogen and oxygen atoms in total. The van der Waals surface area contributed by atoms with Gasteiger partial charge >= 0.3 is 0 Å². The summed E-state index contributed by atoms with van der Waals surface area (Å²) < 4.78 is 5.33. The lowest BCUT2D eigenvalue weighted by molar-refractivity contribution is 0.305. The van der Waals surface area contributed by atoms with Gasteiger partial charge in [-0.1, -0.05) is 86.1 Å². The first-order valence-corrected chi connectivity index (χ1v) is 8.22. The minimum absolute atomic E-state index is 0.341. The quantitative estimate of drug-likeness (QED) is 0.402. The van der Waals surface area contributed by atoms with Crippen molar-refractivity contribution in [3.8, 4) is 5.75 Å². The van der Waals surface area contributed by atoms with Crippen molar-refractivity contribution in [2.45, 2.75) is 34.7 Å². The van der Waals surface area contributed by atoms with Crippen LogP contribution in [0.1, 0.15) is 38.2 Å². The zero-order valence-electron chi connectivity index (χ0n) is 9.89. The van der Waals surface area contributed by atoms with Crippen LogP contribution in [0.4, 0.5) is 0 Å². The van der Waals surface area contributed by atoms with Crippen LogP contribution in [0.2, 0.25) is 0 Å². The highest BCUT2D eigenvalue weighted by molar-refractivity contribution is 9.38. The Kier molecular flexibility index (Phi) is 7.12. The third-order valence-corrected chi connectivity index (χ3v) is 3.82. The van der Waals surface area contributed by atoms with E-state index in [1.807, 2.05) is 24.3 Å². The maximum atomic E-state index is 5.67. The zero-order valence-corrected chi connectivity index (χ0v) is 14.6. The van der Waals surface area contributed by atoms with E-state index in [-0.39, 0.29) is 2.14 Å². The molecule has 0 aliphatic carbocycles. The van der Waals surface area contributed by atoms with E-state index in [1.54, 1.807) is 0 Å². The highest BCUT2D eigenvalue weighted by Crippen LogP contribution is 2.44. The van der Waals surface area contributed by atoms with Gasteiger partial charge in [-0.15, -0.1) is 0 Å². The molecule has 1 aromatic carbocycles. The largest absolute Gasteiger partial charge is 0.494 e. The van der Waals surface area contributed by atoms with Gasteiger partial charge in [0.2, 0.25) is 0 Å². The highest BCUT2D eigenvalue weighted by Gasteiger charge is 2.20. The minimum atomic E-state index is -0.341. The first-order chi connectivity index (χ1) is 8.04. The lowest BCUT2D eigenvalue weighted by atomic mass is 10.2. The lowest BCUT2D eigenvalue weighted by Crippen LogP contribution is -1.99. The summed E-state index contributed by atoms with van der Waals surface area (Å²) in [6.07, 6.45) is 4.94. The molecule has 0 aliphatic heterocycles. The molecule has 4 heteroatoms. The van der Waals surface area contributed by atoms with Crippen molar-refractivity contribution < 1.29 is 4.74 Å². The molecule has 1 aromatic rings. The van der Waals surface area contributed by atoms with Crippen LogP contribution in [0.25, 0.3) is 0 Å². The van der Waals surface area contributed by atoms with Crippen LogP contribution in [0.5, 0.6) is 5.75 Å². The summed E-state index contributed by atoms with van der Waals surface area (Å²) in [5.41, 5.74) is 1.11. The number of alkyl halides is 3. The number of ether oxygens (including phenoxy) is 1. The molecule has 0 spiro atoms. The van der Waals surface area contributed by atoms with Crippen LogP contribution in [0, 0.1) is 0 Å². The Morgan fingerprint density at radius 2 is 1.65 bits per heavy atom. The third-order valence-electron chi connectivity index (χ3n) is 2.45. The summed E-state index contributed by atoms with van der Waals surface area (Å²) in [7, 11) is 0. The fraction of sp³-hybridized carbons (Fsp3) is 0.538. The first-order valence-electron chi connectivity index (χ1n) is 5.84. The van der Waals surface area contributed by atoms with Crippen molar-refractivity contribution in [2.75, 3.05) is 6.61 Å². The number of hydrogen-bond acceptors (Lipinski definition) is 1. The van der Waals surface area contributed by atoms with E-state index in [2.05, 4.69) is 54.7 Å². The summed E-state index contributed by atoms with van der Waals surface area (Å²) >= 11 is 10.5. The molecule has 96 valence electrons. The molecule has 0 radical (unpaired) electrons. The predicted molar refractivity (Wildman–Crippen MR) is 84.5 cm³/mol. The van der Waals surface area contributed by atoms with E-state index >= 15 is 0 Å². The first kappa shape index (κ1) is 15.5. The highest BCUT2D eigenvalue weighted by atomic mass is 80.0. The molecule has 0 amide bonds. The van der Waals surface area contributed by atoms with Gasteiger partial charge in [0.25, 0.3) is 0 Å². The summed E-state index contributed by atoms with van der Waals surface area (Å²) in [6.45, 7) is 3.02. The smallest absolute Gasteiger partial charge is 0.159 e.